The molecule has 0 bridgehead atoms. The van der Waals surface area contributed by atoms with Gasteiger partial charge in [0.05, 0.1) is 0 Å². The van der Waals surface area contributed by atoms with E-state index < -0.39 is 5.97 Å². The molecular formula is C11H11ClNO3-. The number of hydrogen-bond donors (Lipinski definition) is 1. The summed E-state index contributed by atoms with van der Waals surface area (Å²) in [5, 5.41) is 13.3. The summed E-state index contributed by atoms with van der Waals surface area (Å²) in [7, 11) is 0. The summed E-state index contributed by atoms with van der Waals surface area (Å²) in [6.07, 6.45) is -0.317. The highest BCUT2D eigenvalue weighted by Crippen LogP contribution is 2.09. The molecule has 0 fully saturated rings. The Hall–Kier alpha value is -1.55. The van der Waals surface area contributed by atoms with E-state index in [2.05, 4.69) is 5.32 Å². The van der Waals surface area contributed by atoms with Crippen molar-refractivity contribution in [2.45, 2.75) is 19.4 Å². The van der Waals surface area contributed by atoms with E-state index in [1.54, 1.807) is 24.3 Å². The lowest BCUT2D eigenvalue weighted by Gasteiger charge is -2.05. The van der Waals surface area contributed by atoms with Crippen LogP contribution in [0.15, 0.2) is 24.3 Å². The maximum atomic E-state index is 11.2. The van der Waals surface area contributed by atoms with E-state index in [9.17, 15) is 14.7 Å². The number of amides is 1. The van der Waals surface area contributed by atoms with E-state index in [4.69, 9.17) is 11.6 Å². The minimum absolute atomic E-state index is 0.0596. The summed E-state index contributed by atoms with van der Waals surface area (Å²) >= 11 is 5.70. The highest BCUT2D eigenvalue weighted by atomic mass is 35.5. The molecule has 1 N–H and O–H groups in total. The van der Waals surface area contributed by atoms with Crippen molar-refractivity contribution in [1.29, 1.82) is 0 Å². The SMILES string of the molecule is O=C([O-])CCC(=O)NCc1ccc(Cl)cc1. The Morgan fingerprint density at radius 2 is 1.81 bits per heavy atom. The molecule has 0 atom stereocenters. The normalized spacial score (nSPS) is 9.81. The first kappa shape index (κ1) is 12.5. The van der Waals surface area contributed by atoms with Crippen LogP contribution in [0.1, 0.15) is 18.4 Å². The molecule has 1 aromatic carbocycles. The summed E-state index contributed by atoms with van der Waals surface area (Å²) in [6, 6.07) is 7.04. The van der Waals surface area contributed by atoms with Gasteiger partial charge < -0.3 is 15.2 Å². The van der Waals surface area contributed by atoms with Crippen molar-refractivity contribution in [3.05, 3.63) is 34.9 Å². The second-order valence-electron chi connectivity index (χ2n) is 3.28. The van der Waals surface area contributed by atoms with Crippen LogP contribution in [0.25, 0.3) is 0 Å². The molecule has 0 heterocycles. The number of carboxylic acid groups (broad SMARTS) is 1. The number of halogens is 1. The topological polar surface area (TPSA) is 69.2 Å². The fraction of sp³-hybridized carbons (Fsp3) is 0.273. The molecule has 16 heavy (non-hydrogen) atoms. The lowest BCUT2D eigenvalue weighted by molar-refractivity contribution is -0.305. The first-order valence-corrected chi connectivity index (χ1v) is 5.16. The molecule has 1 aromatic rings. The molecule has 0 spiro atoms. The Balaban J connectivity index is 2.31. The van der Waals surface area contributed by atoms with Gasteiger partial charge in [-0.3, -0.25) is 4.79 Å². The van der Waals surface area contributed by atoms with Crippen LogP contribution in [0.3, 0.4) is 0 Å². The number of carbonyl (C=O) groups excluding carboxylic acids is 2. The van der Waals surface area contributed by atoms with Gasteiger partial charge in [0, 0.05) is 24.0 Å². The van der Waals surface area contributed by atoms with Crippen LogP contribution >= 0.6 is 11.6 Å². The van der Waals surface area contributed by atoms with Gasteiger partial charge in [-0.25, -0.2) is 0 Å². The molecule has 0 aromatic heterocycles. The van der Waals surface area contributed by atoms with Gasteiger partial charge >= 0.3 is 0 Å². The van der Waals surface area contributed by atoms with Gasteiger partial charge in [0.25, 0.3) is 0 Å². The van der Waals surface area contributed by atoms with Crippen LogP contribution in [-0.4, -0.2) is 11.9 Å². The number of hydrogen-bond acceptors (Lipinski definition) is 3. The molecule has 0 saturated heterocycles. The van der Waals surface area contributed by atoms with Gasteiger partial charge in [-0.1, -0.05) is 23.7 Å². The first-order chi connectivity index (χ1) is 7.58. The molecule has 0 unspecified atom stereocenters. The Kier molecular flexibility index (Phi) is 4.79. The second kappa shape index (κ2) is 6.12. The van der Waals surface area contributed by atoms with Crippen molar-refractivity contribution in [2.75, 3.05) is 0 Å². The van der Waals surface area contributed by atoms with Gasteiger partial charge in [-0.2, -0.15) is 0 Å². The van der Waals surface area contributed by atoms with Crippen LogP contribution in [0.5, 0.6) is 0 Å². The molecule has 86 valence electrons. The molecule has 0 aliphatic carbocycles. The van der Waals surface area contributed by atoms with E-state index in [0.29, 0.717) is 11.6 Å². The maximum Gasteiger partial charge on any atom is 0.220 e. The Morgan fingerprint density at radius 1 is 1.19 bits per heavy atom. The van der Waals surface area contributed by atoms with E-state index in [1.165, 1.54) is 0 Å². The maximum absolute atomic E-state index is 11.2. The van der Waals surface area contributed by atoms with Gasteiger partial charge in [-0.15, -0.1) is 0 Å². The predicted octanol–water partition coefficient (Wildman–Crippen LogP) is 0.486. The Labute approximate surface area is 98.2 Å². The summed E-state index contributed by atoms with van der Waals surface area (Å²) in [5.41, 5.74) is 0.909. The minimum Gasteiger partial charge on any atom is -0.550 e. The fourth-order valence-corrected chi connectivity index (χ4v) is 1.23. The largest absolute Gasteiger partial charge is 0.550 e. The van der Waals surface area contributed by atoms with Crippen LogP contribution in [0.2, 0.25) is 5.02 Å². The fourth-order valence-electron chi connectivity index (χ4n) is 1.11. The average molecular weight is 241 g/mol. The van der Waals surface area contributed by atoms with Crippen LogP contribution in [-0.2, 0) is 16.1 Å². The van der Waals surface area contributed by atoms with E-state index >= 15 is 0 Å². The predicted molar refractivity (Wildman–Crippen MR) is 57.5 cm³/mol. The lowest BCUT2D eigenvalue weighted by atomic mass is 10.2. The molecule has 4 nitrogen and oxygen atoms in total. The first-order valence-electron chi connectivity index (χ1n) is 4.79. The third-order valence-electron chi connectivity index (χ3n) is 1.96. The van der Waals surface area contributed by atoms with Crippen molar-refractivity contribution < 1.29 is 14.7 Å². The zero-order valence-electron chi connectivity index (χ0n) is 8.53. The third-order valence-corrected chi connectivity index (χ3v) is 2.21. The highest BCUT2D eigenvalue weighted by Gasteiger charge is 2.01. The summed E-state index contributed by atoms with van der Waals surface area (Å²) in [4.78, 5) is 21.3. The lowest BCUT2D eigenvalue weighted by Crippen LogP contribution is -2.27. The second-order valence-corrected chi connectivity index (χ2v) is 3.71. The van der Waals surface area contributed by atoms with Crippen molar-refractivity contribution >= 4 is 23.5 Å². The van der Waals surface area contributed by atoms with Gasteiger partial charge in [0.1, 0.15) is 0 Å². The molecule has 0 saturated carbocycles. The van der Waals surface area contributed by atoms with E-state index in [0.717, 1.165) is 5.56 Å². The summed E-state index contributed by atoms with van der Waals surface area (Å²) in [5.74, 6) is -1.53. The zero-order valence-corrected chi connectivity index (χ0v) is 9.29. The van der Waals surface area contributed by atoms with E-state index in [1.807, 2.05) is 0 Å². The molecule has 0 radical (unpaired) electrons. The Morgan fingerprint density at radius 3 is 2.38 bits per heavy atom. The van der Waals surface area contributed by atoms with Crippen molar-refractivity contribution in [3.8, 4) is 0 Å². The summed E-state index contributed by atoms with van der Waals surface area (Å²) < 4.78 is 0. The van der Waals surface area contributed by atoms with Crippen molar-refractivity contribution in [2.24, 2.45) is 0 Å². The molecular weight excluding hydrogens is 230 g/mol. The number of aliphatic carboxylic acids is 1. The summed E-state index contributed by atoms with van der Waals surface area (Å²) in [6.45, 7) is 0.364. The molecule has 0 aliphatic rings. The number of carboxylic acids is 1. The standard InChI is InChI=1S/C11H12ClNO3/c12-9-3-1-8(2-4-9)7-13-10(14)5-6-11(15)16/h1-4H,5-7H2,(H,13,14)(H,15,16)/p-1. The van der Waals surface area contributed by atoms with Gasteiger partial charge in [0.15, 0.2) is 0 Å². The van der Waals surface area contributed by atoms with E-state index in [-0.39, 0.29) is 18.7 Å². The Bertz CT molecular complexity index is 375. The van der Waals surface area contributed by atoms with Crippen molar-refractivity contribution in [1.82, 2.24) is 5.32 Å². The van der Waals surface area contributed by atoms with Gasteiger partial charge in [0.2, 0.25) is 5.91 Å². The zero-order chi connectivity index (χ0) is 12.0. The van der Waals surface area contributed by atoms with Crippen molar-refractivity contribution in [3.63, 3.8) is 0 Å². The molecule has 1 amide bonds. The van der Waals surface area contributed by atoms with Crippen LogP contribution in [0, 0.1) is 0 Å². The highest BCUT2D eigenvalue weighted by molar-refractivity contribution is 6.30. The number of carbonyl (C=O) groups is 2. The number of benzene rings is 1. The average Bonchev–Trinajstić information content (AvgIpc) is 2.25. The van der Waals surface area contributed by atoms with Crippen LogP contribution in [0.4, 0.5) is 0 Å². The number of nitrogens with one attached hydrogen (secondary N) is 1. The molecule has 0 aliphatic heterocycles. The van der Waals surface area contributed by atoms with Gasteiger partial charge in [-0.05, 0) is 24.1 Å². The molecule has 1 rings (SSSR count). The number of rotatable bonds is 5. The smallest absolute Gasteiger partial charge is 0.220 e. The minimum atomic E-state index is -1.22. The van der Waals surface area contributed by atoms with Crippen LogP contribution < -0.4 is 10.4 Å². The molecule has 5 heteroatoms. The monoisotopic (exact) mass is 240 g/mol. The quantitative estimate of drug-likeness (QED) is 0.814. The third kappa shape index (κ3) is 4.79.